The monoisotopic (exact) mass is 444 g/mol. The molecule has 0 aliphatic rings. The summed E-state index contributed by atoms with van der Waals surface area (Å²) in [7, 11) is -2.25. The van der Waals surface area contributed by atoms with Crippen LogP contribution >= 0.6 is 11.6 Å². The number of methoxy groups -OCH3 is 1. The Hall–Kier alpha value is -3.03. The molecule has 3 aromatic rings. The van der Waals surface area contributed by atoms with Gasteiger partial charge in [0, 0.05) is 16.1 Å². The van der Waals surface area contributed by atoms with Gasteiger partial charge in [0.05, 0.1) is 18.2 Å². The van der Waals surface area contributed by atoms with Crippen molar-refractivity contribution in [3.05, 3.63) is 88.4 Å². The number of nitrogens with zero attached hydrogens (tertiary/aromatic N) is 1. The van der Waals surface area contributed by atoms with Crippen LogP contribution in [0.25, 0.3) is 0 Å². The van der Waals surface area contributed by atoms with Gasteiger partial charge in [-0.25, -0.2) is 4.83 Å². The summed E-state index contributed by atoms with van der Waals surface area (Å²) in [5, 5.41) is 4.49. The van der Waals surface area contributed by atoms with Crippen molar-refractivity contribution in [2.75, 3.05) is 7.11 Å². The van der Waals surface area contributed by atoms with Gasteiger partial charge in [0.25, 0.3) is 10.0 Å². The molecule has 0 spiro atoms. The van der Waals surface area contributed by atoms with Crippen LogP contribution in [0.2, 0.25) is 5.02 Å². The number of hydrogen-bond acceptors (Lipinski definition) is 5. The summed E-state index contributed by atoms with van der Waals surface area (Å²) >= 11 is 6.19. The summed E-state index contributed by atoms with van der Waals surface area (Å²) in [6.07, 6.45) is 1.37. The number of halogens is 1. The van der Waals surface area contributed by atoms with Gasteiger partial charge in [0.15, 0.2) is 11.5 Å². The predicted octanol–water partition coefficient (Wildman–Crippen LogP) is 4.55. The number of ether oxygens (including phenoxy) is 2. The average Bonchev–Trinajstić information content (AvgIpc) is 2.73. The van der Waals surface area contributed by atoms with Crippen LogP contribution in [0.15, 0.2) is 76.7 Å². The molecule has 156 valence electrons. The zero-order valence-corrected chi connectivity index (χ0v) is 18.1. The van der Waals surface area contributed by atoms with Crippen LogP contribution in [-0.4, -0.2) is 21.7 Å². The van der Waals surface area contributed by atoms with Gasteiger partial charge >= 0.3 is 0 Å². The summed E-state index contributed by atoms with van der Waals surface area (Å²) < 4.78 is 36.1. The van der Waals surface area contributed by atoms with Gasteiger partial charge in [-0.3, -0.25) is 0 Å². The van der Waals surface area contributed by atoms with E-state index in [1.165, 1.54) is 25.5 Å². The lowest BCUT2D eigenvalue weighted by Gasteiger charge is -2.14. The second-order valence-corrected chi connectivity index (χ2v) is 8.49. The highest BCUT2D eigenvalue weighted by Gasteiger charge is 2.13. The smallest absolute Gasteiger partial charge is 0.276 e. The van der Waals surface area contributed by atoms with Crippen LogP contribution in [0.1, 0.15) is 16.7 Å². The van der Waals surface area contributed by atoms with Crippen LogP contribution < -0.4 is 14.3 Å². The number of hydrogen-bond donors (Lipinski definition) is 1. The van der Waals surface area contributed by atoms with Crippen molar-refractivity contribution in [1.29, 1.82) is 0 Å². The lowest BCUT2D eigenvalue weighted by Crippen LogP contribution is -2.18. The van der Waals surface area contributed by atoms with E-state index in [1.807, 2.05) is 25.1 Å². The molecule has 30 heavy (non-hydrogen) atoms. The molecule has 0 aromatic heterocycles. The number of benzene rings is 3. The molecule has 0 aliphatic heterocycles. The maximum Gasteiger partial charge on any atom is 0.276 e. The SMILES string of the molecule is COc1cccc(/C=N/NS(=O)(=O)c2ccc(C)cc2)c1OCc1ccccc1Cl. The molecule has 3 rings (SSSR count). The number of aryl methyl sites for hydroxylation is 1. The first-order chi connectivity index (χ1) is 14.4. The Labute approximate surface area is 181 Å². The molecule has 3 aromatic carbocycles. The molecular weight excluding hydrogens is 424 g/mol. The summed E-state index contributed by atoms with van der Waals surface area (Å²) in [5.74, 6) is 0.922. The zero-order chi connectivity index (χ0) is 21.6. The third-order valence-electron chi connectivity index (χ3n) is 4.27. The van der Waals surface area contributed by atoms with Gasteiger partial charge in [-0.15, -0.1) is 0 Å². The minimum Gasteiger partial charge on any atom is -0.493 e. The van der Waals surface area contributed by atoms with E-state index in [9.17, 15) is 8.42 Å². The molecule has 0 amide bonds. The van der Waals surface area contributed by atoms with E-state index in [2.05, 4.69) is 9.93 Å². The maximum atomic E-state index is 12.4. The predicted molar refractivity (Wildman–Crippen MR) is 118 cm³/mol. The van der Waals surface area contributed by atoms with Crippen LogP contribution in [0.4, 0.5) is 0 Å². The van der Waals surface area contributed by atoms with Gasteiger partial charge < -0.3 is 9.47 Å². The second kappa shape index (κ2) is 9.65. The number of sulfonamides is 1. The van der Waals surface area contributed by atoms with Gasteiger partial charge in [0.1, 0.15) is 6.61 Å². The molecule has 0 saturated heterocycles. The summed E-state index contributed by atoms with van der Waals surface area (Å²) in [4.78, 5) is 2.35. The minimum absolute atomic E-state index is 0.131. The molecule has 6 nitrogen and oxygen atoms in total. The molecule has 0 atom stereocenters. The third-order valence-corrected chi connectivity index (χ3v) is 5.87. The highest BCUT2D eigenvalue weighted by Crippen LogP contribution is 2.31. The van der Waals surface area contributed by atoms with Crippen molar-refractivity contribution >= 4 is 27.8 Å². The van der Waals surface area contributed by atoms with Gasteiger partial charge in [-0.2, -0.15) is 13.5 Å². The zero-order valence-electron chi connectivity index (χ0n) is 16.5. The highest BCUT2D eigenvalue weighted by atomic mass is 35.5. The molecule has 8 heteroatoms. The fourth-order valence-corrected chi connectivity index (χ4v) is 3.63. The van der Waals surface area contributed by atoms with E-state index in [0.29, 0.717) is 22.1 Å². The first kappa shape index (κ1) is 21.7. The molecular formula is C22H21ClN2O4S. The molecule has 0 unspecified atom stereocenters. The fourth-order valence-electron chi connectivity index (χ4n) is 2.65. The Morgan fingerprint density at radius 2 is 1.77 bits per heavy atom. The highest BCUT2D eigenvalue weighted by molar-refractivity contribution is 7.89. The van der Waals surface area contributed by atoms with Crippen molar-refractivity contribution in [1.82, 2.24) is 4.83 Å². The molecule has 0 bridgehead atoms. The molecule has 0 saturated carbocycles. The lowest BCUT2D eigenvalue weighted by molar-refractivity contribution is 0.284. The Kier molecular flexibility index (Phi) is 6.97. The number of rotatable bonds is 8. The Morgan fingerprint density at radius 1 is 1.03 bits per heavy atom. The Bertz CT molecular complexity index is 1150. The molecule has 0 heterocycles. The largest absolute Gasteiger partial charge is 0.493 e. The summed E-state index contributed by atoms with van der Waals surface area (Å²) in [6.45, 7) is 2.10. The van der Waals surface area contributed by atoms with E-state index in [4.69, 9.17) is 21.1 Å². The Balaban J connectivity index is 1.80. The lowest BCUT2D eigenvalue weighted by atomic mass is 10.2. The Morgan fingerprint density at radius 3 is 2.47 bits per heavy atom. The van der Waals surface area contributed by atoms with Crippen LogP contribution in [0, 0.1) is 6.92 Å². The van der Waals surface area contributed by atoms with Crippen LogP contribution in [-0.2, 0) is 16.6 Å². The van der Waals surface area contributed by atoms with Crippen molar-refractivity contribution in [3.8, 4) is 11.5 Å². The standard InChI is InChI=1S/C22H21ClN2O4S/c1-16-10-12-19(13-11-16)30(26,27)25-24-14-17-7-5-9-21(28-2)22(17)29-15-18-6-3-4-8-20(18)23/h3-14,25H,15H2,1-2H3/b24-14+. The third kappa shape index (κ3) is 5.31. The second-order valence-electron chi connectivity index (χ2n) is 6.42. The molecule has 0 fully saturated rings. The first-order valence-electron chi connectivity index (χ1n) is 9.05. The summed E-state index contributed by atoms with van der Waals surface area (Å²) in [6, 6.07) is 19.1. The van der Waals surface area contributed by atoms with E-state index in [1.54, 1.807) is 36.4 Å². The summed E-state index contributed by atoms with van der Waals surface area (Å²) in [5.41, 5.74) is 2.33. The van der Waals surface area contributed by atoms with Crippen molar-refractivity contribution in [2.45, 2.75) is 18.4 Å². The van der Waals surface area contributed by atoms with Gasteiger partial charge in [-0.1, -0.05) is 53.6 Å². The van der Waals surface area contributed by atoms with Crippen molar-refractivity contribution in [3.63, 3.8) is 0 Å². The maximum absolute atomic E-state index is 12.4. The number of nitrogens with one attached hydrogen (secondary N) is 1. The quantitative estimate of drug-likeness (QED) is 0.408. The molecule has 0 aliphatic carbocycles. The first-order valence-corrected chi connectivity index (χ1v) is 10.9. The molecule has 0 radical (unpaired) electrons. The van der Waals surface area contributed by atoms with Crippen molar-refractivity contribution < 1.29 is 17.9 Å². The van der Waals surface area contributed by atoms with E-state index < -0.39 is 10.0 Å². The molecule has 1 N–H and O–H groups in total. The van der Waals surface area contributed by atoms with Crippen molar-refractivity contribution in [2.24, 2.45) is 5.10 Å². The number of hydrazone groups is 1. The van der Waals surface area contributed by atoms with E-state index in [0.717, 1.165) is 11.1 Å². The van der Waals surface area contributed by atoms with Gasteiger partial charge in [-0.05, 0) is 37.3 Å². The van der Waals surface area contributed by atoms with E-state index >= 15 is 0 Å². The van der Waals surface area contributed by atoms with E-state index in [-0.39, 0.29) is 11.5 Å². The fraction of sp³-hybridized carbons (Fsp3) is 0.136. The normalized spacial score (nSPS) is 11.4. The average molecular weight is 445 g/mol. The van der Waals surface area contributed by atoms with Crippen LogP contribution in [0.5, 0.6) is 11.5 Å². The number of para-hydroxylation sites is 1. The van der Waals surface area contributed by atoms with Crippen LogP contribution in [0.3, 0.4) is 0 Å². The minimum atomic E-state index is -3.77. The van der Waals surface area contributed by atoms with Gasteiger partial charge in [0.2, 0.25) is 0 Å². The topological polar surface area (TPSA) is 77.0 Å².